The van der Waals surface area contributed by atoms with Gasteiger partial charge >= 0.3 is 5.69 Å². The second kappa shape index (κ2) is 6.63. The van der Waals surface area contributed by atoms with E-state index in [0.717, 1.165) is 17.9 Å². The summed E-state index contributed by atoms with van der Waals surface area (Å²) in [5.41, 5.74) is 2.18. The first-order chi connectivity index (χ1) is 10.1. The van der Waals surface area contributed by atoms with Crippen LogP contribution in [-0.4, -0.2) is 23.3 Å². The molecule has 1 aromatic carbocycles. The Balaban J connectivity index is 2.34. The standard InChI is InChI=1S/C16H23N3O2/c1-12(2)19-8-7-18(16(19)20)11-14-9-13(10-17-3)5-6-15(14)21-4/h5-9,12,17H,10-11H2,1-4H3. The van der Waals surface area contributed by atoms with Crippen molar-refractivity contribution in [3.05, 3.63) is 52.2 Å². The van der Waals surface area contributed by atoms with Gasteiger partial charge in [-0.2, -0.15) is 0 Å². The molecule has 5 heteroatoms. The minimum absolute atomic E-state index is 0.00562. The third kappa shape index (κ3) is 3.36. The predicted molar refractivity (Wildman–Crippen MR) is 83.9 cm³/mol. The minimum Gasteiger partial charge on any atom is -0.496 e. The van der Waals surface area contributed by atoms with Crippen LogP contribution in [-0.2, 0) is 13.1 Å². The van der Waals surface area contributed by atoms with Crippen LogP contribution in [0.5, 0.6) is 5.75 Å². The molecule has 0 radical (unpaired) electrons. The van der Waals surface area contributed by atoms with Crippen molar-refractivity contribution in [1.29, 1.82) is 0 Å². The van der Waals surface area contributed by atoms with E-state index in [9.17, 15) is 4.79 Å². The van der Waals surface area contributed by atoms with Gasteiger partial charge in [0.05, 0.1) is 13.7 Å². The van der Waals surface area contributed by atoms with E-state index in [0.29, 0.717) is 6.54 Å². The lowest BCUT2D eigenvalue weighted by Gasteiger charge is -2.11. The number of benzene rings is 1. The number of hydrogen-bond donors (Lipinski definition) is 1. The topological polar surface area (TPSA) is 48.2 Å². The van der Waals surface area contributed by atoms with E-state index >= 15 is 0 Å². The van der Waals surface area contributed by atoms with E-state index < -0.39 is 0 Å². The van der Waals surface area contributed by atoms with Crippen molar-refractivity contribution in [2.45, 2.75) is 33.0 Å². The van der Waals surface area contributed by atoms with E-state index in [1.807, 2.05) is 45.4 Å². The summed E-state index contributed by atoms with van der Waals surface area (Å²) in [4.78, 5) is 12.3. The maximum atomic E-state index is 12.3. The lowest BCUT2D eigenvalue weighted by atomic mass is 10.1. The molecule has 1 N–H and O–H groups in total. The van der Waals surface area contributed by atoms with E-state index in [1.165, 1.54) is 5.56 Å². The van der Waals surface area contributed by atoms with Gasteiger partial charge < -0.3 is 10.1 Å². The smallest absolute Gasteiger partial charge is 0.328 e. The van der Waals surface area contributed by atoms with Crippen LogP contribution in [0.2, 0.25) is 0 Å². The zero-order valence-electron chi connectivity index (χ0n) is 13.1. The molecule has 0 aliphatic rings. The Morgan fingerprint density at radius 2 is 2.05 bits per heavy atom. The zero-order chi connectivity index (χ0) is 15.4. The lowest BCUT2D eigenvalue weighted by molar-refractivity contribution is 0.407. The zero-order valence-corrected chi connectivity index (χ0v) is 13.1. The van der Waals surface area contributed by atoms with Crippen molar-refractivity contribution in [3.63, 3.8) is 0 Å². The van der Waals surface area contributed by atoms with Gasteiger partial charge in [-0.3, -0.25) is 9.13 Å². The Morgan fingerprint density at radius 3 is 2.62 bits per heavy atom. The summed E-state index contributed by atoms with van der Waals surface area (Å²) in [5, 5.41) is 3.13. The van der Waals surface area contributed by atoms with Gasteiger partial charge in [-0.15, -0.1) is 0 Å². The van der Waals surface area contributed by atoms with Crippen LogP contribution < -0.4 is 15.7 Å². The molecule has 1 heterocycles. The van der Waals surface area contributed by atoms with Crippen LogP contribution in [0.25, 0.3) is 0 Å². The van der Waals surface area contributed by atoms with Crippen molar-refractivity contribution in [3.8, 4) is 5.75 Å². The van der Waals surface area contributed by atoms with E-state index in [4.69, 9.17) is 4.74 Å². The maximum absolute atomic E-state index is 12.3. The molecule has 21 heavy (non-hydrogen) atoms. The Kier molecular flexibility index (Phi) is 4.85. The van der Waals surface area contributed by atoms with Crippen molar-refractivity contribution < 1.29 is 4.74 Å². The van der Waals surface area contributed by atoms with Gasteiger partial charge in [0.15, 0.2) is 0 Å². The number of nitrogens with zero attached hydrogens (tertiary/aromatic N) is 2. The number of methoxy groups -OCH3 is 1. The van der Waals surface area contributed by atoms with E-state index in [-0.39, 0.29) is 11.7 Å². The highest BCUT2D eigenvalue weighted by molar-refractivity contribution is 5.37. The minimum atomic E-state index is 0.00562. The van der Waals surface area contributed by atoms with Crippen LogP contribution in [0.1, 0.15) is 31.0 Å². The van der Waals surface area contributed by atoms with Crippen LogP contribution in [0.15, 0.2) is 35.4 Å². The molecule has 0 aliphatic carbocycles. The van der Waals surface area contributed by atoms with Gasteiger partial charge in [-0.25, -0.2) is 4.79 Å². The molecule has 0 bridgehead atoms. The highest BCUT2D eigenvalue weighted by atomic mass is 16.5. The predicted octanol–water partition coefficient (Wildman–Crippen LogP) is 2.01. The number of hydrogen-bond acceptors (Lipinski definition) is 3. The fourth-order valence-corrected chi connectivity index (χ4v) is 2.39. The maximum Gasteiger partial charge on any atom is 0.328 e. The van der Waals surface area contributed by atoms with Gasteiger partial charge in [0.1, 0.15) is 5.75 Å². The van der Waals surface area contributed by atoms with E-state index in [1.54, 1.807) is 16.2 Å². The van der Waals surface area contributed by atoms with Crippen LogP contribution >= 0.6 is 0 Å². The summed E-state index contributed by atoms with van der Waals surface area (Å²) in [6.07, 6.45) is 3.66. The highest BCUT2D eigenvalue weighted by Crippen LogP contribution is 2.20. The Morgan fingerprint density at radius 1 is 1.29 bits per heavy atom. The third-order valence-electron chi connectivity index (χ3n) is 3.50. The Labute approximate surface area is 125 Å². The molecule has 0 amide bonds. The fourth-order valence-electron chi connectivity index (χ4n) is 2.39. The molecule has 0 saturated carbocycles. The largest absolute Gasteiger partial charge is 0.496 e. The summed E-state index contributed by atoms with van der Waals surface area (Å²) >= 11 is 0. The number of nitrogens with one attached hydrogen (secondary N) is 1. The fraction of sp³-hybridized carbons (Fsp3) is 0.438. The molecule has 0 unspecified atom stereocenters. The highest BCUT2D eigenvalue weighted by Gasteiger charge is 2.10. The van der Waals surface area contributed by atoms with Crippen LogP contribution in [0, 0.1) is 0 Å². The first kappa shape index (κ1) is 15.4. The molecule has 0 aliphatic heterocycles. The van der Waals surface area contributed by atoms with Crippen molar-refractivity contribution >= 4 is 0 Å². The van der Waals surface area contributed by atoms with Crippen LogP contribution in [0.4, 0.5) is 0 Å². The molecule has 114 valence electrons. The molecular weight excluding hydrogens is 266 g/mol. The van der Waals surface area contributed by atoms with Crippen molar-refractivity contribution in [1.82, 2.24) is 14.5 Å². The first-order valence-electron chi connectivity index (χ1n) is 7.14. The SMILES string of the molecule is CNCc1ccc(OC)c(Cn2ccn(C(C)C)c2=O)c1. The van der Waals surface area contributed by atoms with Crippen molar-refractivity contribution in [2.24, 2.45) is 0 Å². The number of rotatable bonds is 6. The molecule has 1 aromatic heterocycles. The molecule has 2 aromatic rings. The second-order valence-electron chi connectivity index (χ2n) is 5.39. The summed E-state index contributed by atoms with van der Waals surface area (Å²) < 4.78 is 8.84. The molecule has 0 saturated heterocycles. The lowest BCUT2D eigenvalue weighted by Crippen LogP contribution is -2.25. The second-order valence-corrected chi connectivity index (χ2v) is 5.39. The first-order valence-corrected chi connectivity index (χ1v) is 7.14. The van der Waals surface area contributed by atoms with Gasteiger partial charge in [0.2, 0.25) is 0 Å². The normalized spacial score (nSPS) is 11.1. The summed E-state index contributed by atoms with van der Waals surface area (Å²) in [6.45, 7) is 5.30. The van der Waals surface area contributed by atoms with E-state index in [2.05, 4.69) is 11.4 Å². The molecule has 0 atom stereocenters. The summed E-state index contributed by atoms with van der Waals surface area (Å²) in [7, 11) is 3.57. The van der Waals surface area contributed by atoms with Gasteiger partial charge in [0, 0.05) is 30.5 Å². The van der Waals surface area contributed by atoms with Crippen molar-refractivity contribution in [2.75, 3.05) is 14.2 Å². The van der Waals surface area contributed by atoms with Gasteiger partial charge in [-0.1, -0.05) is 6.07 Å². The van der Waals surface area contributed by atoms with Crippen LogP contribution in [0.3, 0.4) is 0 Å². The van der Waals surface area contributed by atoms with Gasteiger partial charge in [-0.05, 0) is 38.6 Å². The molecular formula is C16H23N3O2. The third-order valence-corrected chi connectivity index (χ3v) is 3.50. The molecule has 5 nitrogen and oxygen atoms in total. The average Bonchev–Trinajstić information content (AvgIpc) is 2.81. The Hall–Kier alpha value is -2.01. The summed E-state index contributed by atoms with van der Waals surface area (Å²) in [6, 6.07) is 6.22. The number of aromatic nitrogens is 2. The molecule has 0 spiro atoms. The summed E-state index contributed by atoms with van der Waals surface area (Å²) in [5.74, 6) is 0.805. The monoisotopic (exact) mass is 289 g/mol. The molecule has 2 rings (SSSR count). The number of imidazole rings is 1. The Bertz CT molecular complexity index is 656. The number of ether oxygens (including phenoxy) is 1. The molecule has 0 fully saturated rings. The average molecular weight is 289 g/mol. The quantitative estimate of drug-likeness (QED) is 0.885. The van der Waals surface area contributed by atoms with Gasteiger partial charge in [0.25, 0.3) is 0 Å².